The lowest BCUT2D eigenvalue weighted by Gasteiger charge is -2.35. The average molecular weight is 310 g/mol. The van der Waals surface area contributed by atoms with Gasteiger partial charge in [-0.05, 0) is 38.0 Å². The van der Waals surface area contributed by atoms with E-state index in [9.17, 15) is 8.42 Å². The molecule has 0 bridgehead atoms. The monoisotopic (exact) mass is 309 g/mol. The summed E-state index contributed by atoms with van der Waals surface area (Å²) in [6.07, 6.45) is 4.61. The van der Waals surface area contributed by atoms with Crippen molar-refractivity contribution in [1.29, 1.82) is 0 Å². The minimum Gasteiger partial charge on any atom is -0.330 e. The number of hydrogen-bond acceptors (Lipinski definition) is 4. The van der Waals surface area contributed by atoms with E-state index in [0.29, 0.717) is 25.6 Å². The molecule has 1 fully saturated rings. The quantitative estimate of drug-likeness (QED) is 0.761. The third-order valence-electron chi connectivity index (χ3n) is 3.94. The molecule has 1 aliphatic heterocycles. The van der Waals surface area contributed by atoms with Crippen LogP contribution in [-0.4, -0.2) is 61.8 Å². The van der Waals surface area contributed by atoms with E-state index in [4.69, 9.17) is 5.73 Å². The minimum atomic E-state index is -3.31. The van der Waals surface area contributed by atoms with Crippen molar-refractivity contribution in [2.24, 2.45) is 11.7 Å². The molecule has 7 heteroatoms. The van der Waals surface area contributed by atoms with Gasteiger partial charge in [0.05, 0.1) is 0 Å². The molecule has 5 nitrogen and oxygen atoms in total. The number of nitrogens with zero attached hydrogens (tertiary/aromatic N) is 2. The van der Waals surface area contributed by atoms with Crippen LogP contribution in [0.2, 0.25) is 0 Å². The van der Waals surface area contributed by atoms with Gasteiger partial charge in [-0.15, -0.1) is 0 Å². The molecule has 114 valence electrons. The predicted molar refractivity (Wildman–Crippen MR) is 82.5 cm³/mol. The van der Waals surface area contributed by atoms with Gasteiger partial charge in [-0.3, -0.25) is 0 Å². The van der Waals surface area contributed by atoms with E-state index in [1.54, 1.807) is 27.4 Å². The van der Waals surface area contributed by atoms with Gasteiger partial charge >= 0.3 is 0 Å². The van der Waals surface area contributed by atoms with Crippen LogP contribution in [0.15, 0.2) is 0 Å². The summed E-state index contributed by atoms with van der Waals surface area (Å²) >= 11 is 1.69. The highest BCUT2D eigenvalue weighted by atomic mass is 32.2. The van der Waals surface area contributed by atoms with Crippen molar-refractivity contribution in [3.63, 3.8) is 0 Å². The van der Waals surface area contributed by atoms with Crippen LogP contribution in [-0.2, 0) is 10.2 Å². The van der Waals surface area contributed by atoms with Crippen LogP contribution in [0, 0.1) is 5.92 Å². The largest absolute Gasteiger partial charge is 0.330 e. The third-order valence-corrected chi connectivity index (χ3v) is 6.70. The summed E-state index contributed by atoms with van der Waals surface area (Å²) < 4.78 is 28.3. The van der Waals surface area contributed by atoms with E-state index in [-0.39, 0.29) is 6.04 Å². The molecule has 1 heterocycles. The number of thioether (sulfide) groups is 1. The fraction of sp³-hybridized carbons (Fsp3) is 1.00. The molecule has 0 aromatic heterocycles. The summed E-state index contributed by atoms with van der Waals surface area (Å²) in [7, 11) is -1.61. The number of piperidine rings is 1. The second-order valence-electron chi connectivity index (χ2n) is 5.12. The molecule has 0 aromatic rings. The first-order chi connectivity index (χ1) is 8.97. The maximum atomic E-state index is 12.6. The van der Waals surface area contributed by atoms with Crippen LogP contribution in [0.5, 0.6) is 0 Å². The first-order valence-electron chi connectivity index (χ1n) is 6.89. The van der Waals surface area contributed by atoms with E-state index >= 15 is 0 Å². The van der Waals surface area contributed by atoms with Gasteiger partial charge in [0.1, 0.15) is 0 Å². The van der Waals surface area contributed by atoms with E-state index in [0.717, 1.165) is 25.0 Å². The molecule has 1 unspecified atom stereocenters. The number of rotatable bonds is 7. The van der Waals surface area contributed by atoms with E-state index in [2.05, 4.69) is 0 Å². The Balaban J connectivity index is 2.69. The molecule has 0 spiro atoms. The lowest BCUT2D eigenvalue weighted by Crippen LogP contribution is -2.50. The maximum absolute atomic E-state index is 12.6. The highest BCUT2D eigenvalue weighted by molar-refractivity contribution is 7.98. The molecule has 2 N–H and O–H groups in total. The fourth-order valence-corrected chi connectivity index (χ4v) is 4.99. The average Bonchev–Trinajstić information content (AvgIpc) is 2.44. The summed E-state index contributed by atoms with van der Waals surface area (Å²) in [5, 5.41) is 0. The summed E-state index contributed by atoms with van der Waals surface area (Å²) in [5.41, 5.74) is 5.65. The zero-order valence-electron chi connectivity index (χ0n) is 12.2. The fourth-order valence-electron chi connectivity index (χ4n) is 2.42. The molecule has 1 aliphatic rings. The second-order valence-corrected chi connectivity index (χ2v) is 8.02. The molecular weight excluding hydrogens is 282 g/mol. The normalized spacial score (nSPS) is 20.9. The van der Waals surface area contributed by atoms with Crippen LogP contribution in [0.3, 0.4) is 0 Å². The van der Waals surface area contributed by atoms with Crippen molar-refractivity contribution in [2.75, 3.05) is 38.7 Å². The van der Waals surface area contributed by atoms with Gasteiger partial charge in [-0.25, -0.2) is 0 Å². The van der Waals surface area contributed by atoms with Crippen molar-refractivity contribution in [1.82, 2.24) is 8.61 Å². The molecule has 0 aromatic carbocycles. The molecule has 1 atom stereocenters. The zero-order valence-corrected chi connectivity index (χ0v) is 13.8. The molecule has 1 saturated heterocycles. The van der Waals surface area contributed by atoms with Gasteiger partial charge in [0.15, 0.2) is 0 Å². The molecule has 0 saturated carbocycles. The lowest BCUT2D eigenvalue weighted by atomic mass is 9.99. The summed E-state index contributed by atoms with van der Waals surface area (Å²) in [5.74, 6) is 1.32. The number of hydrogen-bond donors (Lipinski definition) is 1. The van der Waals surface area contributed by atoms with E-state index < -0.39 is 10.2 Å². The van der Waals surface area contributed by atoms with Crippen LogP contribution >= 0.6 is 11.8 Å². The van der Waals surface area contributed by atoms with E-state index in [1.807, 2.05) is 13.2 Å². The van der Waals surface area contributed by atoms with Crippen LogP contribution in [0.1, 0.15) is 26.2 Å². The SMILES string of the molecule is CCC(CSC)N(C)S(=O)(=O)N1CCC(CN)CC1. The van der Waals surface area contributed by atoms with Crippen molar-refractivity contribution in [3.05, 3.63) is 0 Å². The van der Waals surface area contributed by atoms with E-state index in [1.165, 1.54) is 0 Å². The molecule has 0 amide bonds. The highest BCUT2D eigenvalue weighted by Crippen LogP contribution is 2.22. The first kappa shape index (κ1) is 17.2. The maximum Gasteiger partial charge on any atom is 0.282 e. The summed E-state index contributed by atoms with van der Waals surface area (Å²) in [6.45, 7) is 3.90. The Bertz CT molecular complexity index is 354. The van der Waals surface area contributed by atoms with Crippen molar-refractivity contribution in [3.8, 4) is 0 Å². The number of nitrogens with two attached hydrogens (primary N) is 1. The van der Waals surface area contributed by atoms with Gasteiger partial charge in [-0.1, -0.05) is 6.92 Å². The van der Waals surface area contributed by atoms with Crippen molar-refractivity contribution < 1.29 is 8.42 Å². The molecular formula is C12H27N3O2S2. The van der Waals surface area contributed by atoms with Crippen molar-refractivity contribution in [2.45, 2.75) is 32.2 Å². The van der Waals surface area contributed by atoms with Gasteiger partial charge in [0.25, 0.3) is 10.2 Å². The standard InChI is InChI=1S/C12H27N3O2S2/c1-4-12(10-18-3)14(2)19(16,17)15-7-5-11(9-13)6-8-15/h11-12H,4-10,13H2,1-3H3. The van der Waals surface area contributed by atoms with Crippen LogP contribution < -0.4 is 5.73 Å². The third kappa shape index (κ3) is 4.32. The topological polar surface area (TPSA) is 66.6 Å². The van der Waals surface area contributed by atoms with Crippen molar-refractivity contribution >= 4 is 22.0 Å². The Morgan fingerprint density at radius 1 is 1.42 bits per heavy atom. The first-order valence-corrected chi connectivity index (χ1v) is 9.68. The smallest absolute Gasteiger partial charge is 0.282 e. The van der Waals surface area contributed by atoms with Crippen LogP contribution in [0.4, 0.5) is 0 Å². The Morgan fingerprint density at radius 3 is 2.42 bits per heavy atom. The minimum absolute atomic E-state index is 0.0761. The molecule has 1 rings (SSSR count). The van der Waals surface area contributed by atoms with Gasteiger partial charge in [-0.2, -0.15) is 28.8 Å². The Kier molecular flexibility index (Phi) is 7.10. The Labute approximate surface area is 122 Å². The van der Waals surface area contributed by atoms with Gasteiger partial charge in [0.2, 0.25) is 0 Å². The summed E-state index contributed by atoms with van der Waals surface area (Å²) in [6, 6.07) is 0.0761. The highest BCUT2D eigenvalue weighted by Gasteiger charge is 2.33. The second kappa shape index (κ2) is 7.83. The molecule has 0 aliphatic carbocycles. The zero-order chi connectivity index (χ0) is 14.5. The molecule has 0 radical (unpaired) electrons. The van der Waals surface area contributed by atoms with Gasteiger partial charge < -0.3 is 5.73 Å². The summed E-state index contributed by atoms with van der Waals surface area (Å²) in [4.78, 5) is 0. The predicted octanol–water partition coefficient (Wildman–Crippen LogP) is 0.975. The Morgan fingerprint density at radius 2 is 2.00 bits per heavy atom. The molecule has 19 heavy (non-hydrogen) atoms. The Hall–Kier alpha value is 0.180. The van der Waals surface area contributed by atoms with Gasteiger partial charge in [0, 0.05) is 31.9 Å². The lowest BCUT2D eigenvalue weighted by molar-refractivity contribution is 0.254. The van der Waals surface area contributed by atoms with Crippen LogP contribution in [0.25, 0.3) is 0 Å².